The lowest BCUT2D eigenvalue weighted by Gasteiger charge is -2.20. The van der Waals surface area contributed by atoms with Crippen molar-refractivity contribution >= 4 is 39.1 Å². The van der Waals surface area contributed by atoms with Crippen LogP contribution >= 0.6 is 27.3 Å². The number of thiophene rings is 1. The Kier molecular flexibility index (Phi) is 6.38. The largest absolute Gasteiger partial charge is 0.467 e. The zero-order valence-electron chi connectivity index (χ0n) is 12.0. The molecule has 2 rings (SSSR count). The third kappa shape index (κ3) is 5.23. The summed E-state index contributed by atoms with van der Waals surface area (Å²) in [6.07, 6.45) is 1.70. The Morgan fingerprint density at radius 3 is 2.83 bits per heavy atom. The number of hydrogen-bond donors (Lipinski definition) is 0. The number of esters is 1. The number of halogens is 1. The lowest BCUT2D eigenvalue weighted by Crippen LogP contribution is -2.34. The van der Waals surface area contributed by atoms with E-state index in [-0.39, 0.29) is 32.0 Å². The summed E-state index contributed by atoms with van der Waals surface area (Å²) < 4.78 is 11.0. The number of ether oxygens (including phenoxy) is 1. The van der Waals surface area contributed by atoms with Crippen LogP contribution in [0, 0.1) is 11.3 Å². The Morgan fingerprint density at radius 2 is 2.22 bits per heavy atom. The van der Waals surface area contributed by atoms with Gasteiger partial charge in [-0.2, -0.15) is 5.26 Å². The minimum absolute atomic E-state index is 0.193. The first-order valence-corrected chi connectivity index (χ1v) is 8.30. The molecule has 8 heteroatoms. The van der Waals surface area contributed by atoms with Gasteiger partial charge < -0.3 is 14.1 Å². The highest BCUT2D eigenvalue weighted by molar-refractivity contribution is 9.11. The van der Waals surface area contributed by atoms with Crippen molar-refractivity contribution in [3.63, 3.8) is 0 Å². The lowest BCUT2D eigenvalue weighted by atomic mass is 10.3. The number of rotatable bonds is 7. The molecule has 0 N–H and O–H groups in total. The Labute approximate surface area is 145 Å². The van der Waals surface area contributed by atoms with Crippen LogP contribution in [0.25, 0.3) is 0 Å². The molecule has 0 atom stereocenters. The SMILES string of the molecule is N#CCCN(Cc1ccco1)C(=O)COC(=O)c1ccc(Br)s1. The molecule has 2 aromatic rings. The van der Waals surface area contributed by atoms with Gasteiger partial charge in [-0.15, -0.1) is 11.3 Å². The van der Waals surface area contributed by atoms with E-state index in [0.717, 1.165) is 3.79 Å². The van der Waals surface area contributed by atoms with Crippen molar-refractivity contribution in [2.24, 2.45) is 0 Å². The first-order valence-electron chi connectivity index (χ1n) is 6.69. The summed E-state index contributed by atoms with van der Waals surface area (Å²) in [5.74, 6) is -0.322. The van der Waals surface area contributed by atoms with Gasteiger partial charge in [0.1, 0.15) is 10.6 Å². The van der Waals surface area contributed by atoms with Crippen molar-refractivity contribution < 1.29 is 18.7 Å². The minimum atomic E-state index is -0.549. The summed E-state index contributed by atoms with van der Waals surface area (Å²) in [7, 11) is 0. The molecule has 0 unspecified atom stereocenters. The Bertz CT molecular complexity index is 705. The Hall–Kier alpha value is -2.11. The Morgan fingerprint density at radius 1 is 1.39 bits per heavy atom. The summed E-state index contributed by atoms with van der Waals surface area (Å²) in [6, 6.07) is 8.81. The molecule has 0 bridgehead atoms. The van der Waals surface area contributed by atoms with Crippen molar-refractivity contribution in [1.82, 2.24) is 4.90 Å². The third-order valence-corrected chi connectivity index (χ3v) is 4.48. The van der Waals surface area contributed by atoms with Gasteiger partial charge in [0.25, 0.3) is 5.91 Å². The van der Waals surface area contributed by atoms with Crippen LogP contribution in [-0.2, 0) is 16.1 Å². The molecule has 2 heterocycles. The monoisotopic (exact) mass is 396 g/mol. The predicted molar refractivity (Wildman–Crippen MR) is 86.7 cm³/mol. The molecule has 2 aromatic heterocycles. The molecule has 1 amide bonds. The number of carbonyl (C=O) groups is 2. The quantitative estimate of drug-likeness (QED) is 0.670. The number of nitriles is 1. The molecule has 0 saturated carbocycles. The molecule has 120 valence electrons. The van der Waals surface area contributed by atoms with Crippen LogP contribution in [-0.4, -0.2) is 29.9 Å². The van der Waals surface area contributed by atoms with Crippen LogP contribution < -0.4 is 0 Å². The molecule has 0 radical (unpaired) electrons. The maximum Gasteiger partial charge on any atom is 0.348 e. The molecule has 0 aliphatic carbocycles. The fraction of sp³-hybridized carbons (Fsp3) is 0.267. The van der Waals surface area contributed by atoms with Gasteiger partial charge >= 0.3 is 5.97 Å². The van der Waals surface area contributed by atoms with Crippen LogP contribution in [0.3, 0.4) is 0 Å². The van der Waals surface area contributed by atoms with Crippen molar-refractivity contribution in [3.05, 3.63) is 45.0 Å². The van der Waals surface area contributed by atoms with Gasteiger partial charge in [-0.25, -0.2) is 4.79 Å². The second-order valence-electron chi connectivity index (χ2n) is 4.48. The number of nitrogens with zero attached hydrogens (tertiary/aromatic N) is 2. The number of furan rings is 1. The zero-order chi connectivity index (χ0) is 16.7. The first-order chi connectivity index (χ1) is 11.1. The fourth-order valence-corrected chi connectivity index (χ4v) is 3.06. The van der Waals surface area contributed by atoms with Gasteiger partial charge in [0, 0.05) is 6.54 Å². The van der Waals surface area contributed by atoms with Crippen molar-refractivity contribution in [3.8, 4) is 6.07 Å². The van der Waals surface area contributed by atoms with E-state index in [9.17, 15) is 9.59 Å². The van der Waals surface area contributed by atoms with Crippen LogP contribution in [0.15, 0.2) is 38.7 Å². The predicted octanol–water partition coefficient (Wildman–Crippen LogP) is 3.20. The van der Waals surface area contributed by atoms with Crippen LogP contribution in [0.5, 0.6) is 0 Å². The van der Waals surface area contributed by atoms with E-state index in [1.54, 1.807) is 24.3 Å². The maximum absolute atomic E-state index is 12.2. The highest BCUT2D eigenvalue weighted by atomic mass is 79.9. The van der Waals surface area contributed by atoms with Gasteiger partial charge in [-0.3, -0.25) is 4.79 Å². The lowest BCUT2D eigenvalue weighted by molar-refractivity contribution is -0.135. The van der Waals surface area contributed by atoms with Gasteiger partial charge in [-0.05, 0) is 40.2 Å². The highest BCUT2D eigenvalue weighted by Crippen LogP contribution is 2.22. The summed E-state index contributed by atoms with van der Waals surface area (Å²) in [5, 5.41) is 8.69. The molecular weight excluding hydrogens is 384 g/mol. The highest BCUT2D eigenvalue weighted by Gasteiger charge is 2.18. The molecule has 6 nitrogen and oxygen atoms in total. The summed E-state index contributed by atoms with van der Waals surface area (Å²) in [4.78, 5) is 25.9. The van der Waals surface area contributed by atoms with E-state index in [1.807, 2.05) is 6.07 Å². The molecule has 0 aliphatic rings. The molecular formula is C15H13BrN2O4S. The normalized spacial score (nSPS) is 10.1. The number of amides is 1. The molecule has 0 saturated heterocycles. The average Bonchev–Trinajstić information content (AvgIpc) is 3.20. The minimum Gasteiger partial charge on any atom is -0.467 e. The van der Waals surface area contributed by atoms with E-state index < -0.39 is 5.97 Å². The first kappa shape index (κ1) is 17.2. The van der Waals surface area contributed by atoms with Crippen molar-refractivity contribution in [2.75, 3.05) is 13.2 Å². The molecule has 0 aromatic carbocycles. The van der Waals surface area contributed by atoms with E-state index in [2.05, 4.69) is 15.9 Å². The van der Waals surface area contributed by atoms with Crippen molar-refractivity contribution in [1.29, 1.82) is 5.26 Å². The second-order valence-corrected chi connectivity index (χ2v) is 6.95. The van der Waals surface area contributed by atoms with Crippen molar-refractivity contribution in [2.45, 2.75) is 13.0 Å². The molecule has 0 fully saturated rings. The number of carbonyl (C=O) groups excluding carboxylic acids is 2. The smallest absolute Gasteiger partial charge is 0.348 e. The molecule has 0 spiro atoms. The summed E-state index contributed by atoms with van der Waals surface area (Å²) >= 11 is 4.49. The average molecular weight is 397 g/mol. The van der Waals surface area contributed by atoms with Gasteiger partial charge in [0.2, 0.25) is 0 Å². The Balaban J connectivity index is 1.91. The molecule has 23 heavy (non-hydrogen) atoms. The molecule has 0 aliphatic heterocycles. The van der Waals surface area contributed by atoms with E-state index >= 15 is 0 Å². The van der Waals surface area contributed by atoms with E-state index in [0.29, 0.717) is 10.6 Å². The maximum atomic E-state index is 12.2. The van der Waals surface area contributed by atoms with Gasteiger partial charge in [0.15, 0.2) is 6.61 Å². The second kappa shape index (κ2) is 8.50. The van der Waals surface area contributed by atoms with E-state index in [1.165, 1.54) is 22.5 Å². The topological polar surface area (TPSA) is 83.5 Å². The van der Waals surface area contributed by atoms with Crippen LogP contribution in [0.2, 0.25) is 0 Å². The summed E-state index contributed by atoms with van der Waals surface area (Å²) in [6.45, 7) is 0.105. The summed E-state index contributed by atoms with van der Waals surface area (Å²) in [5.41, 5.74) is 0. The van der Waals surface area contributed by atoms with E-state index in [4.69, 9.17) is 14.4 Å². The van der Waals surface area contributed by atoms with Gasteiger partial charge in [0.05, 0.1) is 29.1 Å². The number of hydrogen-bond acceptors (Lipinski definition) is 6. The van der Waals surface area contributed by atoms with Crippen LogP contribution in [0.4, 0.5) is 0 Å². The van der Waals surface area contributed by atoms with Crippen LogP contribution in [0.1, 0.15) is 21.9 Å². The standard InChI is InChI=1S/C15H13BrN2O4S/c16-13-5-4-12(23-13)15(20)22-10-14(19)18(7-2-6-17)9-11-3-1-8-21-11/h1,3-5,8H,2,7,9-10H2. The van der Waals surface area contributed by atoms with Gasteiger partial charge in [-0.1, -0.05) is 0 Å². The fourth-order valence-electron chi connectivity index (χ4n) is 1.78. The zero-order valence-corrected chi connectivity index (χ0v) is 14.4. The third-order valence-electron chi connectivity index (χ3n) is 2.87.